The Morgan fingerprint density at radius 1 is 0.898 bits per heavy atom. The van der Waals surface area contributed by atoms with Crippen molar-refractivity contribution in [3.63, 3.8) is 0 Å². The van der Waals surface area contributed by atoms with Gasteiger partial charge in [-0.3, -0.25) is 4.79 Å². The van der Waals surface area contributed by atoms with Gasteiger partial charge in [0.1, 0.15) is 0 Å². The molecule has 1 radical (unpaired) electrons. The van der Waals surface area contributed by atoms with E-state index in [0.29, 0.717) is 0 Å². The second kappa shape index (κ2) is 17.6. The number of hydrogen-bond acceptors (Lipinski definition) is 4. The number of allylic oxidation sites excluding steroid dienone is 2. The maximum absolute atomic E-state index is 11.7. The zero-order valence-electron chi connectivity index (χ0n) is 31.0. The molecule has 263 valence electrons. The van der Waals surface area contributed by atoms with Crippen LogP contribution >= 0.6 is 11.3 Å². The zero-order chi connectivity index (χ0) is 35.2. The van der Waals surface area contributed by atoms with Gasteiger partial charge in [-0.05, 0) is 25.7 Å². The summed E-state index contributed by atoms with van der Waals surface area (Å²) in [6.07, 6.45) is 6.88. The number of rotatable bonds is 10. The third-order valence-corrected chi connectivity index (χ3v) is 21.2. The first-order chi connectivity index (χ1) is 22.8. The Labute approximate surface area is 315 Å². The van der Waals surface area contributed by atoms with Crippen LogP contribution in [0.1, 0.15) is 85.3 Å². The summed E-state index contributed by atoms with van der Waals surface area (Å²) in [6, 6.07) is 27.9. The van der Waals surface area contributed by atoms with E-state index in [9.17, 15) is 9.90 Å². The van der Waals surface area contributed by atoms with E-state index in [4.69, 9.17) is 4.98 Å². The molecule has 5 rings (SSSR count). The van der Waals surface area contributed by atoms with Gasteiger partial charge in [-0.1, -0.05) is 27.7 Å². The Hall–Kier alpha value is -2.57. The average Bonchev–Trinajstić information content (AvgIpc) is 3.42. The van der Waals surface area contributed by atoms with Crippen LogP contribution in [0.5, 0.6) is 0 Å². The van der Waals surface area contributed by atoms with E-state index < -0.39 is 13.3 Å². The Morgan fingerprint density at radius 2 is 1.49 bits per heavy atom. The summed E-state index contributed by atoms with van der Waals surface area (Å²) in [6.45, 7) is 17.2. The average molecular weight is 914 g/mol. The Bertz CT molecular complexity index is 1880. The number of fused-ring (bicyclic) bond motifs is 2. The van der Waals surface area contributed by atoms with Gasteiger partial charge in [0.05, 0.1) is 5.76 Å². The number of carbonyl (C=O) groups excluding carboxylic acids is 1. The summed E-state index contributed by atoms with van der Waals surface area (Å²) in [5.41, 5.74) is 4.99. The van der Waals surface area contributed by atoms with Gasteiger partial charge in [0, 0.05) is 38.0 Å². The number of carbonyl (C=O) groups is 1. The van der Waals surface area contributed by atoms with Crippen molar-refractivity contribution < 1.29 is 30.0 Å². The van der Waals surface area contributed by atoms with E-state index in [0.717, 1.165) is 42.3 Å². The zero-order valence-corrected chi connectivity index (χ0v) is 36.3. The fourth-order valence-electron chi connectivity index (χ4n) is 6.68. The van der Waals surface area contributed by atoms with Crippen LogP contribution in [0.2, 0.25) is 11.5 Å². The molecule has 1 N–H and O–H groups in total. The van der Waals surface area contributed by atoms with Gasteiger partial charge < -0.3 is 5.11 Å². The van der Waals surface area contributed by atoms with E-state index >= 15 is 0 Å². The molecular weight excluding hydrogens is 859 g/mol. The third-order valence-electron chi connectivity index (χ3n) is 9.84. The number of pyridine rings is 1. The number of ketones is 1. The number of aliphatic hydroxyl groups excluding tert-OH is 1. The molecule has 0 bridgehead atoms. The summed E-state index contributed by atoms with van der Waals surface area (Å²) in [5, 5.41) is 13.5. The molecule has 3 aromatic carbocycles. The molecule has 0 aliphatic carbocycles. The predicted molar refractivity (Wildman–Crippen MR) is 212 cm³/mol. The molecule has 2 aromatic heterocycles. The van der Waals surface area contributed by atoms with Crippen molar-refractivity contribution >= 4 is 59.4 Å². The largest absolute Gasteiger partial charge is 0 e. The molecule has 49 heavy (non-hydrogen) atoms. The molecule has 0 atom stereocenters. The molecule has 6 heteroatoms. The van der Waals surface area contributed by atoms with Crippen LogP contribution in [0.25, 0.3) is 32.1 Å². The summed E-state index contributed by atoms with van der Waals surface area (Å²) >= 11 is -0.452. The predicted octanol–water partition coefficient (Wildman–Crippen LogP) is 11.2. The van der Waals surface area contributed by atoms with Crippen molar-refractivity contribution in [1.29, 1.82) is 0 Å². The van der Waals surface area contributed by atoms with Gasteiger partial charge in [0.15, 0.2) is 5.78 Å². The number of aliphatic hydroxyl groups is 1. The second-order valence-electron chi connectivity index (χ2n) is 14.5. The van der Waals surface area contributed by atoms with Gasteiger partial charge in [0.2, 0.25) is 0 Å². The smallest absolute Gasteiger partial charge is 0 e. The van der Waals surface area contributed by atoms with Crippen molar-refractivity contribution in [2.75, 3.05) is 0 Å². The molecule has 0 saturated heterocycles. The molecule has 5 aromatic rings. The number of thiophene rings is 1. The second-order valence-corrected chi connectivity index (χ2v) is 25.3. The van der Waals surface area contributed by atoms with Gasteiger partial charge in [-0.15, -0.1) is 0 Å². The van der Waals surface area contributed by atoms with E-state index in [-0.39, 0.29) is 48.9 Å². The molecule has 0 unspecified atom stereocenters. The van der Waals surface area contributed by atoms with Crippen molar-refractivity contribution in [3.05, 3.63) is 102 Å². The normalized spacial score (nSPS) is 12.3. The Kier molecular flexibility index (Phi) is 14.7. The van der Waals surface area contributed by atoms with E-state index in [1.165, 1.54) is 37.1 Å². The minimum atomic E-state index is -2.42. The van der Waals surface area contributed by atoms with Gasteiger partial charge in [-0.25, -0.2) is 0 Å². The Morgan fingerprint density at radius 3 is 2.08 bits per heavy atom. The molecule has 0 aliphatic heterocycles. The molecule has 0 saturated carbocycles. The SMILES string of the molecule is CCC(CC)C(=O)/C=C(\O)C(CC)CC.Cc1[c]([Ge]([CH3])([CH3])[c]2ccccc2)sc2c(-c3[c-]c4ccccc4c(C(C)(C)C)c3)nccc12.[Ir]. The van der Waals surface area contributed by atoms with E-state index in [2.05, 4.69) is 112 Å². The van der Waals surface area contributed by atoms with Gasteiger partial charge >= 0.3 is 205 Å². The van der Waals surface area contributed by atoms with Crippen LogP contribution in [0.15, 0.2) is 84.8 Å². The maximum atomic E-state index is 11.7. The third kappa shape index (κ3) is 9.22. The van der Waals surface area contributed by atoms with Gasteiger partial charge in [0.25, 0.3) is 0 Å². The fourth-order valence-corrected chi connectivity index (χ4v) is 15.8. The van der Waals surface area contributed by atoms with E-state index in [1.54, 1.807) is 3.71 Å². The van der Waals surface area contributed by atoms with Crippen LogP contribution in [0.4, 0.5) is 0 Å². The molecule has 0 amide bonds. The molecule has 2 heterocycles. The summed E-state index contributed by atoms with van der Waals surface area (Å²) in [7, 11) is 0. The van der Waals surface area contributed by atoms with Crippen LogP contribution in [-0.4, -0.2) is 29.1 Å². The molecule has 0 fully saturated rings. The minimum Gasteiger partial charge on any atom is 0 e. The van der Waals surface area contributed by atoms with Crippen molar-refractivity contribution in [3.8, 4) is 11.3 Å². The number of aryl methyl sites for hydroxylation is 1. The van der Waals surface area contributed by atoms with Gasteiger partial charge in [-0.2, -0.15) is 0 Å². The molecule has 3 nitrogen and oxygen atoms in total. The first kappa shape index (κ1) is 40.9. The summed E-state index contributed by atoms with van der Waals surface area (Å²) in [5.74, 6) is 5.58. The van der Waals surface area contributed by atoms with Crippen LogP contribution in [-0.2, 0) is 30.3 Å². The molecule has 0 spiro atoms. The fraction of sp³-hybridized carbons (Fsp3) is 0.395. The Balaban J connectivity index is 0.000000347. The van der Waals surface area contributed by atoms with Crippen molar-refractivity contribution in [1.82, 2.24) is 4.98 Å². The number of benzene rings is 3. The molecular formula is C43H54GeIrNO2S-. The monoisotopic (exact) mass is 915 g/mol. The number of nitrogens with zero attached hydrogens (tertiary/aromatic N) is 1. The number of aromatic nitrogens is 1. The van der Waals surface area contributed by atoms with Crippen LogP contribution in [0, 0.1) is 24.8 Å². The van der Waals surface area contributed by atoms with E-state index in [1.807, 2.05) is 45.2 Å². The quantitative estimate of drug-likeness (QED) is 0.0657. The first-order valence-electron chi connectivity index (χ1n) is 17.6. The minimum absolute atomic E-state index is 0. The topological polar surface area (TPSA) is 50.2 Å². The summed E-state index contributed by atoms with van der Waals surface area (Å²) < 4.78 is 4.40. The first-order valence-corrected chi connectivity index (χ1v) is 24.7. The van der Waals surface area contributed by atoms with Crippen molar-refractivity contribution in [2.45, 2.75) is 98.0 Å². The molecule has 0 aliphatic rings. The number of hydrogen-bond donors (Lipinski definition) is 1. The summed E-state index contributed by atoms with van der Waals surface area (Å²) in [4.78, 5) is 16.6. The van der Waals surface area contributed by atoms with Crippen LogP contribution in [0.3, 0.4) is 0 Å². The van der Waals surface area contributed by atoms with Crippen LogP contribution < -0.4 is 8.11 Å². The maximum Gasteiger partial charge on any atom is 0 e. The van der Waals surface area contributed by atoms with Crippen molar-refractivity contribution in [2.24, 2.45) is 11.8 Å². The standard InChI is InChI=1S/C30H30GeNS.C13H24O2.Ir/c1-20-24-16-17-32-27(28(24)33-29(20)31(5,6)23-13-8-7-9-14-23)22-18-21-12-10-11-15-25(21)26(19-22)30(2,3)4;1-5-10(6-2)12(14)9-13(15)11(7-3)8-4;/h7-17,19H,1-6H3;9-11,14H,5-8H2,1-4H3;/q-1;;/b;12-9-;.